The zero-order valence-electron chi connectivity index (χ0n) is 14.1. The van der Waals surface area contributed by atoms with Gasteiger partial charge in [0.15, 0.2) is 11.5 Å². The Morgan fingerprint density at radius 1 is 1.08 bits per heavy atom. The summed E-state index contributed by atoms with van der Waals surface area (Å²) >= 11 is 0. The number of carboxylic acids is 1. The Morgan fingerprint density at radius 3 is 2.68 bits per heavy atom. The first-order valence-electron chi connectivity index (χ1n) is 9.07. The van der Waals surface area contributed by atoms with Crippen LogP contribution >= 0.6 is 0 Å². The van der Waals surface area contributed by atoms with Gasteiger partial charge in [0.2, 0.25) is 5.91 Å². The van der Waals surface area contributed by atoms with Crippen molar-refractivity contribution in [2.75, 3.05) is 19.8 Å². The van der Waals surface area contributed by atoms with E-state index in [2.05, 4.69) is 0 Å². The molecule has 25 heavy (non-hydrogen) atoms. The van der Waals surface area contributed by atoms with E-state index in [1.165, 1.54) is 0 Å². The minimum atomic E-state index is -0.782. The molecule has 1 N–H and O–H groups in total. The summed E-state index contributed by atoms with van der Waals surface area (Å²) in [7, 11) is 0. The number of likely N-dealkylation sites (tertiary alicyclic amines) is 1. The second-order valence-corrected chi connectivity index (χ2v) is 7.11. The zero-order chi connectivity index (χ0) is 17.4. The van der Waals surface area contributed by atoms with Crippen LogP contribution in [0.3, 0.4) is 0 Å². The van der Waals surface area contributed by atoms with E-state index < -0.39 is 5.97 Å². The SMILES string of the molecule is O=C(O)[C@@H]1CC[C@H](C(=O)N2CCCC2c2cccc3c2OCCO3)C1. The Kier molecular flexibility index (Phi) is 4.27. The van der Waals surface area contributed by atoms with Gasteiger partial charge >= 0.3 is 5.97 Å². The van der Waals surface area contributed by atoms with E-state index in [9.17, 15) is 14.7 Å². The number of aliphatic carboxylic acids is 1. The largest absolute Gasteiger partial charge is 0.486 e. The lowest BCUT2D eigenvalue weighted by Crippen LogP contribution is -2.35. The van der Waals surface area contributed by atoms with E-state index in [4.69, 9.17) is 9.47 Å². The Bertz CT molecular complexity index is 688. The summed E-state index contributed by atoms with van der Waals surface area (Å²) in [6.07, 6.45) is 3.59. The highest BCUT2D eigenvalue weighted by Crippen LogP contribution is 2.44. The number of carboxylic acid groups (broad SMARTS) is 1. The lowest BCUT2D eigenvalue weighted by molar-refractivity contribution is -0.141. The van der Waals surface area contributed by atoms with Gasteiger partial charge < -0.3 is 19.5 Å². The molecule has 1 amide bonds. The van der Waals surface area contributed by atoms with Crippen molar-refractivity contribution in [1.82, 2.24) is 4.90 Å². The molecule has 0 spiro atoms. The number of nitrogens with zero attached hydrogens (tertiary/aromatic N) is 1. The molecular weight excluding hydrogens is 322 g/mol. The molecule has 6 nitrogen and oxygen atoms in total. The average molecular weight is 345 g/mol. The molecule has 1 aromatic rings. The van der Waals surface area contributed by atoms with Gasteiger partial charge in [-0.05, 0) is 38.2 Å². The van der Waals surface area contributed by atoms with Crippen LogP contribution in [0.2, 0.25) is 0 Å². The van der Waals surface area contributed by atoms with E-state index in [1.807, 2.05) is 23.1 Å². The molecule has 1 saturated carbocycles. The average Bonchev–Trinajstić information content (AvgIpc) is 3.30. The van der Waals surface area contributed by atoms with Gasteiger partial charge in [0.05, 0.1) is 12.0 Å². The first-order valence-corrected chi connectivity index (χ1v) is 9.07. The first-order chi connectivity index (χ1) is 12.1. The van der Waals surface area contributed by atoms with Crippen LogP contribution in [0.15, 0.2) is 18.2 Å². The second kappa shape index (κ2) is 6.58. The van der Waals surface area contributed by atoms with Crippen molar-refractivity contribution in [3.05, 3.63) is 23.8 Å². The van der Waals surface area contributed by atoms with Gasteiger partial charge in [-0.1, -0.05) is 12.1 Å². The maximum Gasteiger partial charge on any atom is 0.306 e. The number of benzene rings is 1. The number of para-hydroxylation sites is 1. The predicted molar refractivity (Wildman–Crippen MR) is 89.6 cm³/mol. The maximum atomic E-state index is 13.0. The van der Waals surface area contributed by atoms with Crippen molar-refractivity contribution < 1.29 is 24.2 Å². The standard InChI is InChI=1S/C19H23NO5/c21-18(12-6-7-13(11-12)19(22)23)20-8-2-4-15(20)14-3-1-5-16-17(14)25-10-9-24-16/h1,3,5,12-13,15H,2,4,6-11H2,(H,22,23)/t12-,13+,15?/m0/s1. The number of fused-ring (bicyclic) bond motifs is 1. The van der Waals surface area contributed by atoms with Crippen molar-refractivity contribution in [3.63, 3.8) is 0 Å². The highest BCUT2D eigenvalue weighted by molar-refractivity contribution is 5.82. The highest BCUT2D eigenvalue weighted by Gasteiger charge is 2.40. The topological polar surface area (TPSA) is 76.1 Å². The Labute approximate surface area is 146 Å². The normalized spacial score (nSPS) is 28.2. The van der Waals surface area contributed by atoms with E-state index >= 15 is 0 Å². The molecular formula is C19H23NO5. The quantitative estimate of drug-likeness (QED) is 0.911. The van der Waals surface area contributed by atoms with E-state index in [-0.39, 0.29) is 23.8 Å². The number of hydrogen-bond donors (Lipinski definition) is 1. The summed E-state index contributed by atoms with van der Waals surface area (Å²) in [5.41, 5.74) is 1.01. The molecule has 4 rings (SSSR count). The molecule has 1 aromatic carbocycles. The van der Waals surface area contributed by atoms with Crippen LogP contribution in [0.1, 0.15) is 43.7 Å². The number of amides is 1. The minimum Gasteiger partial charge on any atom is -0.486 e. The Morgan fingerprint density at radius 2 is 1.88 bits per heavy atom. The summed E-state index contributed by atoms with van der Waals surface area (Å²) in [5.74, 6) is 0.272. The zero-order valence-corrected chi connectivity index (χ0v) is 14.1. The van der Waals surface area contributed by atoms with Gasteiger partial charge in [0.1, 0.15) is 13.2 Å². The number of carbonyl (C=O) groups is 2. The molecule has 3 atom stereocenters. The third-order valence-electron chi connectivity index (χ3n) is 5.62. The fourth-order valence-corrected chi connectivity index (χ4v) is 4.38. The summed E-state index contributed by atoms with van der Waals surface area (Å²) < 4.78 is 11.5. The van der Waals surface area contributed by atoms with Crippen LogP contribution in [0.5, 0.6) is 11.5 Å². The maximum absolute atomic E-state index is 13.0. The molecule has 0 aromatic heterocycles. The van der Waals surface area contributed by atoms with Gasteiger partial charge in [0, 0.05) is 18.0 Å². The molecule has 134 valence electrons. The lowest BCUT2D eigenvalue weighted by Gasteiger charge is -2.30. The smallest absolute Gasteiger partial charge is 0.306 e. The van der Waals surface area contributed by atoms with Gasteiger partial charge in [-0.15, -0.1) is 0 Å². The number of carbonyl (C=O) groups excluding carboxylic acids is 1. The molecule has 6 heteroatoms. The summed E-state index contributed by atoms with van der Waals surface area (Å²) in [5, 5.41) is 9.19. The molecule has 2 heterocycles. The number of ether oxygens (including phenoxy) is 2. The second-order valence-electron chi connectivity index (χ2n) is 7.11. The lowest BCUT2D eigenvalue weighted by atomic mass is 9.99. The fourth-order valence-electron chi connectivity index (χ4n) is 4.38. The van der Waals surface area contributed by atoms with E-state index in [0.717, 1.165) is 36.4 Å². The van der Waals surface area contributed by atoms with Gasteiger partial charge in [-0.3, -0.25) is 9.59 Å². The van der Waals surface area contributed by atoms with Crippen LogP contribution in [-0.2, 0) is 9.59 Å². The third-order valence-corrected chi connectivity index (χ3v) is 5.62. The monoisotopic (exact) mass is 345 g/mol. The molecule has 2 fully saturated rings. The van der Waals surface area contributed by atoms with E-state index in [0.29, 0.717) is 32.5 Å². The minimum absolute atomic E-state index is 0.00646. The summed E-state index contributed by atoms with van der Waals surface area (Å²) in [4.78, 5) is 26.1. The molecule has 1 aliphatic carbocycles. The van der Waals surface area contributed by atoms with Gasteiger partial charge in [0.25, 0.3) is 0 Å². The predicted octanol–water partition coefficient (Wildman–Crippen LogP) is 2.62. The summed E-state index contributed by atoms with van der Waals surface area (Å²) in [6, 6.07) is 5.85. The van der Waals surface area contributed by atoms with Crippen LogP contribution in [0.4, 0.5) is 0 Å². The molecule has 2 aliphatic heterocycles. The molecule has 3 aliphatic rings. The van der Waals surface area contributed by atoms with Crippen LogP contribution in [0, 0.1) is 11.8 Å². The first kappa shape index (κ1) is 16.2. The number of hydrogen-bond acceptors (Lipinski definition) is 4. The van der Waals surface area contributed by atoms with Crippen molar-refractivity contribution in [1.29, 1.82) is 0 Å². The van der Waals surface area contributed by atoms with Gasteiger partial charge in [-0.25, -0.2) is 0 Å². The van der Waals surface area contributed by atoms with Crippen molar-refractivity contribution in [2.45, 2.75) is 38.1 Å². The number of rotatable bonds is 3. The van der Waals surface area contributed by atoms with E-state index in [1.54, 1.807) is 0 Å². The van der Waals surface area contributed by atoms with Crippen molar-refractivity contribution in [3.8, 4) is 11.5 Å². The van der Waals surface area contributed by atoms with Crippen molar-refractivity contribution >= 4 is 11.9 Å². The van der Waals surface area contributed by atoms with Crippen LogP contribution < -0.4 is 9.47 Å². The van der Waals surface area contributed by atoms with Crippen LogP contribution in [-0.4, -0.2) is 41.6 Å². The highest BCUT2D eigenvalue weighted by atomic mass is 16.6. The fraction of sp³-hybridized carbons (Fsp3) is 0.579. The van der Waals surface area contributed by atoms with Crippen molar-refractivity contribution in [2.24, 2.45) is 11.8 Å². The summed E-state index contributed by atoms with van der Waals surface area (Å²) in [6.45, 7) is 1.79. The Balaban J connectivity index is 1.55. The van der Waals surface area contributed by atoms with Crippen LogP contribution in [0.25, 0.3) is 0 Å². The molecule has 1 saturated heterocycles. The molecule has 0 radical (unpaired) electrons. The third kappa shape index (κ3) is 2.94. The molecule has 0 bridgehead atoms. The molecule has 1 unspecified atom stereocenters. The Hall–Kier alpha value is -2.24. The van der Waals surface area contributed by atoms with Gasteiger partial charge in [-0.2, -0.15) is 0 Å².